The van der Waals surface area contributed by atoms with E-state index in [1.165, 1.54) is 24.4 Å². The first-order chi connectivity index (χ1) is 9.42. The van der Waals surface area contributed by atoms with Crippen LogP contribution in [-0.2, 0) is 16.6 Å². The first-order valence-corrected chi connectivity index (χ1v) is 7.73. The maximum absolute atomic E-state index is 12.9. The molecule has 0 spiro atoms. The number of aliphatic hydroxyl groups is 1. The van der Waals surface area contributed by atoms with E-state index in [9.17, 15) is 12.8 Å². The van der Waals surface area contributed by atoms with Crippen molar-refractivity contribution in [3.05, 3.63) is 52.4 Å². The Morgan fingerprint density at radius 3 is 2.60 bits per heavy atom. The summed E-state index contributed by atoms with van der Waals surface area (Å²) < 4.78 is 39.7. The maximum Gasteiger partial charge on any atom is 0.279 e. The molecule has 0 amide bonds. The van der Waals surface area contributed by atoms with Crippen molar-refractivity contribution in [2.45, 2.75) is 11.6 Å². The number of aliphatic hydroxyl groups excluding tert-OH is 1. The van der Waals surface area contributed by atoms with E-state index in [0.717, 1.165) is 12.1 Å². The maximum atomic E-state index is 12.9. The Labute approximate surface area is 123 Å². The Hall–Kier alpha value is -1.51. The van der Waals surface area contributed by atoms with Crippen LogP contribution in [-0.4, -0.2) is 18.5 Å². The Balaban J connectivity index is 2.30. The van der Waals surface area contributed by atoms with Crippen LogP contribution < -0.4 is 4.72 Å². The van der Waals surface area contributed by atoms with Gasteiger partial charge in [-0.2, -0.15) is 8.42 Å². The van der Waals surface area contributed by atoms with Crippen LogP contribution in [0, 0.1) is 5.82 Å². The van der Waals surface area contributed by atoms with Crippen LogP contribution in [0.1, 0.15) is 5.56 Å². The molecule has 2 N–H and O–H groups in total. The zero-order valence-corrected chi connectivity index (χ0v) is 12.4. The van der Waals surface area contributed by atoms with E-state index in [2.05, 4.69) is 25.6 Å². The largest absolute Gasteiger partial charge is 0.392 e. The molecule has 0 radical (unpaired) electrons. The quantitative estimate of drug-likeness (QED) is 0.876. The predicted octanol–water partition coefficient (Wildman–Crippen LogP) is 2.28. The molecule has 0 aliphatic rings. The molecule has 2 aromatic rings. The molecule has 106 valence electrons. The number of sulfonamides is 1. The highest BCUT2D eigenvalue weighted by atomic mass is 79.9. The zero-order chi connectivity index (χ0) is 14.8. The van der Waals surface area contributed by atoms with Gasteiger partial charge in [0.1, 0.15) is 5.82 Å². The molecular formula is C12H10BrFN2O3S. The van der Waals surface area contributed by atoms with Gasteiger partial charge in [-0.3, -0.25) is 4.72 Å². The molecule has 0 saturated heterocycles. The van der Waals surface area contributed by atoms with E-state index in [1.807, 2.05) is 0 Å². The third-order valence-corrected chi connectivity index (χ3v) is 4.37. The zero-order valence-electron chi connectivity index (χ0n) is 10.0. The van der Waals surface area contributed by atoms with Gasteiger partial charge in [-0.25, -0.2) is 9.37 Å². The monoisotopic (exact) mass is 360 g/mol. The van der Waals surface area contributed by atoms with Gasteiger partial charge in [0.2, 0.25) is 0 Å². The molecule has 0 aliphatic carbocycles. The highest BCUT2D eigenvalue weighted by molar-refractivity contribution is 9.10. The first-order valence-electron chi connectivity index (χ1n) is 5.46. The molecule has 0 atom stereocenters. The number of hydrogen-bond acceptors (Lipinski definition) is 4. The molecule has 1 aromatic carbocycles. The minimum absolute atomic E-state index is 0.189. The summed E-state index contributed by atoms with van der Waals surface area (Å²) >= 11 is 3.07. The van der Waals surface area contributed by atoms with Gasteiger partial charge in [0.15, 0.2) is 5.03 Å². The number of hydrogen-bond donors (Lipinski definition) is 2. The SMILES string of the molecule is O=S(=O)(Nc1ccc(F)cc1Br)c1ccc(CO)cn1. The fourth-order valence-corrected chi connectivity index (χ4v) is 3.02. The Kier molecular flexibility index (Phi) is 4.36. The summed E-state index contributed by atoms with van der Waals surface area (Å²) in [7, 11) is -3.87. The van der Waals surface area contributed by atoms with E-state index in [0.29, 0.717) is 5.56 Å². The highest BCUT2D eigenvalue weighted by Gasteiger charge is 2.17. The van der Waals surface area contributed by atoms with Crippen molar-refractivity contribution in [2.75, 3.05) is 4.72 Å². The van der Waals surface area contributed by atoms with Gasteiger partial charge in [-0.1, -0.05) is 6.07 Å². The van der Waals surface area contributed by atoms with Crippen LogP contribution in [0.5, 0.6) is 0 Å². The lowest BCUT2D eigenvalue weighted by atomic mass is 10.3. The van der Waals surface area contributed by atoms with Crippen molar-refractivity contribution in [3.8, 4) is 0 Å². The van der Waals surface area contributed by atoms with Gasteiger partial charge in [0, 0.05) is 10.7 Å². The minimum Gasteiger partial charge on any atom is -0.392 e. The predicted molar refractivity (Wildman–Crippen MR) is 75.1 cm³/mol. The van der Waals surface area contributed by atoms with Crippen LogP contribution >= 0.6 is 15.9 Å². The summed E-state index contributed by atoms with van der Waals surface area (Å²) in [5.74, 6) is -0.481. The third-order valence-electron chi connectivity index (χ3n) is 2.43. The topological polar surface area (TPSA) is 79.3 Å². The molecule has 1 heterocycles. The first kappa shape index (κ1) is 14.9. The highest BCUT2D eigenvalue weighted by Crippen LogP contribution is 2.25. The lowest BCUT2D eigenvalue weighted by molar-refractivity contribution is 0.281. The standard InChI is InChI=1S/C12H10BrFN2O3S/c13-10-5-9(14)2-3-11(10)16-20(18,19)12-4-1-8(7-17)6-15-12/h1-6,16-17H,7H2. The molecule has 0 aliphatic heterocycles. The molecule has 5 nitrogen and oxygen atoms in total. The van der Waals surface area contributed by atoms with Crippen molar-refractivity contribution in [2.24, 2.45) is 0 Å². The number of halogens is 2. The minimum atomic E-state index is -3.87. The Morgan fingerprint density at radius 1 is 1.30 bits per heavy atom. The summed E-state index contributed by atoms with van der Waals surface area (Å²) in [5, 5.41) is 8.69. The molecule has 20 heavy (non-hydrogen) atoms. The molecule has 0 bridgehead atoms. The van der Waals surface area contributed by atoms with Gasteiger partial charge < -0.3 is 5.11 Å². The van der Waals surface area contributed by atoms with Gasteiger partial charge in [0.25, 0.3) is 10.0 Å². The molecular weight excluding hydrogens is 351 g/mol. The second-order valence-corrected chi connectivity index (χ2v) is 6.38. The van der Waals surface area contributed by atoms with E-state index in [4.69, 9.17) is 5.11 Å². The van der Waals surface area contributed by atoms with Crippen molar-refractivity contribution in [3.63, 3.8) is 0 Å². The van der Waals surface area contributed by atoms with Crippen LogP contribution in [0.3, 0.4) is 0 Å². The molecule has 1 aromatic heterocycles. The lowest BCUT2D eigenvalue weighted by Crippen LogP contribution is -2.15. The fraction of sp³-hybridized carbons (Fsp3) is 0.0833. The number of pyridine rings is 1. The van der Waals surface area contributed by atoms with Gasteiger partial charge >= 0.3 is 0 Å². The Morgan fingerprint density at radius 2 is 2.05 bits per heavy atom. The smallest absolute Gasteiger partial charge is 0.279 e. The van der Waals surface area contributed by atoms with E-state index >= 15 is 0 Å². The normalized spacial score (nSPS) is 11.3. The number of anilines is 1. The number of nitrogens with one attached hydrogen (secondary N) is 1. The lowest BCUT2D eigenvalue weighted by Gasteiger charge is -2.09. The van der Waals surface area contributed by atoms with E-state index < -0.39 is 15.8 Å². The molecule has 8 heteroatoms. The molecule has 0 unspecified atom stereocenters. The van der Waals surface area contributed by atoms with Crippen molar-refractivity contribution < 1.29 is 17.9 Å². The summed E-state index contributed by atoms with van der Waals surface area (Å²) in [6.07, 6.45) is 1.27. The van der Waals surface area contributed by atoms with Gasteiger partial charge in [-0.05, 0) is 45.8 Å². The second kappa shape index (κ2) is 5.86. The summed E-state index contributed by atoms with van der Waals surface area (Å²) in [6.45, 7) is -0.218. The number of benzene rings is 1. The molecule has 0 fully saturated rings. The van der Waals surface area contributed by atoms with Crippen LogP contribution in [0.2, 0.25) is 0 Å². The number of aromatic nitrogens is 1. The molecule has 2 rings (SSSR count). The van der Waals surface area contributed by atoms with E-state index in [1.54, 1.807) is 0 Å². The fourth-order valence-electron chi connectivity index (χ4n) is 1.43. The average Bonchev–Trinajstić information content (AvgIpc) is 2.42. The summed E-state index contributed by atoms with van der Waals surface area (Å²) in [5.41, 5.74) is 0.714. The van der Waals surface area contributed by atoms with Crippen molar-refractivity contribution in [1.82, 2.24) is 4.98 Å². The van der Waals surface area contributed by atoms with Gasteiger partial charge in [0.05, 0.1) is 12.3 Å². The number of rotatable bonds is 4. The van der Waals surface area contributed by atoms with Crippen LogP contribution in [0.15, 0.2) is 46.0 Å². The van der Waals surface area contributed by atoms with Crippen LogP contribution in [0.4, 0.5) is 10.1 Å². The third kappa shape index (κ3) is 3.33. The Bertz CT molecular complexity index is 720. The number of nitrogens with zero attached hydrogens (tertiary/aromatic N) is 1. The average molecular weight is 361 g/mol. The van der Waals surface area contributed by atoms with Crippen molar-refractivity contribution >= 4 is 31.6 Å². The van der Waals surface area contributed by atoms with Crippen molar-refractivity contribution in [1.29, 1.82) is 0 Å². The summed E-state index contributed by atoms with van der Waals surface area (Å²) in [4.78, 5) is 3.76. The van der Waals surface area contributed by atoms with Gasteiger partial charge in [-0.15, -0.1) is 0 Å². The molecule has 0 saturated carbocycles. The second-order valence-electron chi connectivity index (χ2n) is 3.89. The van der Waals surface area contributed by atoms with E-state index in [-0.39, 0.29) is 21.8 Å². The van der Waals surface area contributed by atoms with Crippen LogP contribution in [0.25, 0.3) is 0 Å². The summed E-state index contributed by atoms with van der Waals surface area (Å²) in [6, 6.07) is 6.34.